The second kappa shape index (κ2) is 11.9. The number of rotatable bonds is 6. The van der Waals surface area contributed by atoms with Crippen LogP contribution >= 0.6 is 0 Å². The average molecular weight is 342 g/mol. The number of nitrogens with two attached hydrogens (primary N) is 2. The van der Waals surface area contributed by atoms with Gasteiger partial charge in [-0.25, -0.2) is 4.79 Å². The number of hydrogen-bond donors (Lipinski definition) is 2. The SMILES string of the molecule is CC(=O)OC(=O)[C@@H](N)CCCCN.c1ccc(-c2ccccc2)cc1. The van der Waals surface area contributed by atoms with Gasteiger partial charge in [-0.3, -0.25) is 4.79 Å². The Hall–Kier alpha value is -2.50. The number of unbranched alkanes of at least 4 members (excludes halogenated alkanes) is 1. The molecule has 0 amide bonds. The Kier molecular flexibility index (Phi) is 9.82. The molecule has 0 saturated heterocycles. The second-order valence-electron chi connectivity index (χ2n) is 5.54. The van der Waals surface area contributed by atoms with Crippen molar-refractivity contribution in [2.24, 2.45) is 11.5 Å². The Morgan fingerprint density at radius 1 is 0.920 bits per heavy atom. The number of ether oxygens (including phenoxy) is 1. The summed E-state index contributed by atoms with van der Waals surface area (Å²) in [5.74, 6) is -1.29. The van der Waals surface area contributed by atoms with Gasteiger partial charge in [0.15, 0.2) is 0 Å². The van der Waals surface area contributed by atoms with Crippen molar-refractivity contribution in [3.05, 3.63) is 60.7 Å². The van der Waals surface area contributed by atoms with Crippen molar-refractivity contribution in [3.8, 4) is 11.1 Å². The van der Waals surface area contributed by atoms with Crippen molar-refractivity contribution in [1.29, 1.82) is 0 Å². The fraction of sp³-hybridized carbons (Fsp3) is 0.300. The lowest BCUT2D eigenvalue weighted by Crippen LogP contribution is -2.33. The molecular weight excluding hydrogens is 316 g/mol. The van der Waals surface area contributed by atoms with Crippen molar-refractivity contribution in [2.75, 3.05) is 6.54 Å². The lowest BCUT2D eigenvalue weighted by molar-refractivity contribution is -0.159. The minimum absolute atomic E-state index is 0.503. The van der Waals surface area contributed by atoms with E-state index in [2.05, 4.69) is 53.3 Å². The van der Waals surface area contributed by atoms with Gasteiger partial charge in [-0.2, -0.15) is 0 Å². The summed E-state index contributed by atoms with van der Waals surface area (Å²) in [6.07, 6.45) is 2.09. The number of carbonyl (C=O) groups is 2. The molecule has 0 heterocycles. The number of benzene rings is 2. The predicted octanol–water partition coefficient (Wildman–Crippen LogP) is 2.89. The van der Waals surface area contributed by atoms with Crippen LogP contribution < -0.4 is 11.5 Å². The molecule has 0 saturated carbocycles. The molecule has 5 heteroatoms. The van der Waals surface area contributed by atoms with Crippen LogP contribution in [0.15, 0.2) is 60.7 Å². The van der Waals surface area contributed by atoms with E-state index in [9.17, 15) is 9.59 Å². The monoisotopic (exact) mass is 342 g/mol. The van der Waals surface area contributed by atoms with E-state index in [1.807, 2.05) is 12.1 Å². The highest BCUT2D eigenvalue weighted by molar-refractivity contribution is 5.87. The van der Waals surface area contributed by atoms with E-state index in [-0.39, 0.29) is 0 Å². The summed E-state index contributed by atoms with van der Waals surface area (Å²) in [5, 5.41) is 0. The second-order valence-corrected chi connectivity index (χ2v) is 5.54. The third-order valence-corrected chi connectivity index (χ3v) is 3.40. The molecule has 0 aliphatic heterocycles. The first-order valence-corrected chi connectivity index (χ1v) is 8.33. The quantitative estimate of drug-likeness (QED) is 0.478. The predicted molar refractivity (Wildman–Crippen MR) is 99.5 cm³/mol. The normalized spacial score (nSPS) is 11.0. The highest BCUT2D eigenvalue weighted by Crippen LogP contribution is 2.17. The molecule has 0 aliphatic rings. The molecule has 0 bridgehead atoms. The zero-order valence-corrected chi connectivity index (χ0v) is 14.6. The van der Waals surface area contributed by atoms with Crippen LogP contribution in [0.4, 0.5) is 0 Å². The van der Waals surface area contributed by atoms with Crippen molar-refractivity contribution >= 4 is 11.9 Å². The summed E-state index contributed by atoms with van der Waals surface area (Å²) in [6, 6.07) is 20.1. The van der Waals surface area contributed by atoms with Gasteiger partial charge in [-0.1, -0.05) is 67.1 Å². The molecule has 0 aliphatic carbocycles. The molecule has 0 unspecified atom stereocenters. The highest BCUT2D eigenvalue weighted by atomic mass is 16.6. The van der Waals surface area contributed by atoms with E-state index < -0.39 is 18.0 Å². The van der Waals surface area contributed by atoms with E-state index in [1.54, 1.807) is 0 Å². The van der Waals surface area contributed by atoms with Crippen molar-refractivity contribution in [2.45, 2.75) is 32.2 Å². The molecular formula is C20H26N2O3. The van der Waals surface area contributed by atoms with Crippen molar-refractivity contribution in [3.63, 3.8) is 0 Å². The van der Waals surface area contributed by atoms with Crippen LogP contribution in [-0.4, -0.2) is 24.5 Å². The summed E-state index contributed by atoms with van der Waals surface area (Å²) < 4.78 is 4.31. The minimum atomic E-state index is -0.713. The Labute approximate surface area is 149 Å². The zero-order valence-electron chi connectivity index (χ0n) is 14.6. The van der Waals surface area contributed by atoms with Gasteiger partial charge in [0.05, 0.1) is 0 Å². The molecule has 2 aromatic carbocycles. The maximum absolute atomic E-state index is 10.9. The van der Waals surface area contributed by atoms with Crippen LogP contribution in [0.2, 0.25) is 0 Å². The van der Waals surface area contributed by atoms with Crippen LogP contribution in [0.5, 0.6) is 0 Å². The van der Waals surface area contributed by atoms with Gasteiger partial charge in [0, 0.05) is 6.92 Å². The lowest BCUT2D eigenvalue weighted by atomic mass is 10.1. The van der Waals surface area contributed by atoms with Gasteiger partial charge in [0.2, 0.25) is 0 Å². The third kappa shape index (κ3) is 8.79. The fourth-order valence-corrected chi connectivity index (χ4v) is 2.10. The van der Waals surface area contributed by atoms with Gasteiger partial charge >= 0.3 is 11.9 Å². The van der Waals surface area contributed by atoms with Crippen LogP contribution in [-0.2, 0) is 14.3 Å². The van der Waals surface area contributed by atoms with Crippen LogP contribution in [0, 0.1) is 0 Å². The molecule has 2 aromatic rings. The number of carbonyl (C=O) groups excluding carboxylic acids is 2. The Morgan fingerprint density at radius 2 is 1.40 bits per heavy atom. The zero-order chi connectivity index (χ0) is 18.5. The average Bonchev–Trinajstić information content (AvgIpc) is 2.63. The molecule has 5 nitrogen and oxygen atoms in total. The summed E-state index contributed by atoms with van der Waals surface area (Å²) in [7, 11) is 0. The molecule has 25 heavy (non-hydrogen) atoms. The summed E-state index contributed by atoms with van der Waals surface area (Å²) >= 11 is 0. The standard InChI is InChI=1S/C12H10.C8H16N2O3/c1-3-7-11(8-4-1)12-9-5-2-6-10-12;1-6(11)13-8(12)7(10)4-2-3-5-9/h1-10H;7H,2-5,9-10H2,1H3/t;7-/m.0/s1. The number of hydrogen-bond acceptors (Lipinski definition) is 5. The van der Waals surface area contributed by atoms with Crippen LogP contribution in [0.3, 0.4) is 0 Å². The molecule has 0 aromatic heterocycles. The van der Waals surface area contributed by atoms with E-state index in [0.717, 1.165) is 12.8 Å². The van der Waals surface area contributed by atoms with E-state index in [4.69, 9.17) is 11.5 Å². The molecule has 2 rings (SSSR count). The molecule has 1 atom stereocenters. The van der Waals surface area contributed by atoms with Gasteiger partial charge in [0.1, 0.15) is 6.04 Å². The first-order valence-electron chi connectivity index (χ1n) is 8.33. The molecule has 134 valence electrons. The lowest BCUT2D eigenvalue weighted by Gasteiger charge is -2.08. The first-order chi connectivity index (χ1) is 12.0. The first kappa shape index (κ1) is 20.5. The van der Waals surface area contributed by atoms with Crippen molar-refractivity contribution in [1.82, 2.24) is 0 Å². The molecule has 0 fully saturated rings. The summed E-state index contributed by atoms with van der Waals surface area (Å²) in [5.41, 5.74) is 13.3. The van der Waals surface area contributed by atoms with Gasteiger partial charge in [-0.15, -0.1) is 0 Å². The van der Waals surface area contributed by atoms with E-state index in [0.29, 0.717) is 13.0 Å². The summed E-state index contributed by atoms with van der Waals surface area (Å²) in [4.78, 5) is 21.3. The maximum atomic E-state index is 10.9. The topological polar surface area (TPSA) is 95.4 Å². The van der Waals surface area contributed by atoms with Gasteiger partial charge in [-0.05, 0) is 30.5 Å². The number of esters is 2. The van der Waals surface area contributed by atoms with Crippen LogP contribution in [0.1, 0.15) is 26.2 Å². The third-order valence-electron chi connectivity index (χ3n) is 3.40. The van der Waals surface area contributed by atoms with Crippen LogP contribution in [0.25, 0.3) is 11.1 Å². The maximum Gasteiger partial charge on any atom is 0.330 e. The minimum Gasteiger partial charge on any atom is -0.392 e. The molecule has 4 N–H and O–H groups in total. The van der Waals surface area contributed by atoms with E-state index >= 15 is 0 Å². The van der Waals surface area contributed by atoms with Gasteiger partial charge in [0.25, 0.3) is 0 Å². The summed E-state index contributed by atoms with van der Waals surface area (Å²) in [6.45, 7) is 1.75. The Bertz CT molecular complexity index is 592. The smallest absolute Gasteiger partial charge is 0.330 e. The molecule has 0 radical (unpaired) electrons. The largest absolute Gasteiger partial charge is 0.392 e. The highest BCUT2D eigenvalue weighted by Gasteiger charge is 2.15. The van der Waals surface area contributed by atoms with E-state index in [1.165, 1.54) is 18.1 Å². The Morgan fingerprint density at radius 3 is 1.80 bits per heavy atom. The van der Waals surface area contributed by atoms with Crippen molar-refractivity contribution < 1.29 is 14.3 Å². The molecule has 0 spiro atoms. The fourth-order valence-electron chi connectivity index (χ4n) is 2.10. The van der Waals surface area contributed by atoms with Gasteiger partial charge < -0.3 is 16.2 Å². The Balaban J connectivity index is 0.000000250.